The number of benzene rings is 2. The number of nitrogens with zero attached hydrogens (tertiary/aromatic N) is 1. The number of halogens is 2. The van der Waals surface area contributed by atoms with Crippen molar-refractivity contribution in [2.75, 3.05) is 33.4 Å². The van der Waals surface area contributed by atoms with E-state index in [1.165, 1.54) is 6.07 Å². The molecule has 4 nitrogen and oxygen atoms in total. The SMILES string of the molecule is COc1ccc2c(c1)OC[C@]1(CO)CN(Cc3c(F)cccc3Cl)C[C@H]21. The fraction of sp³-hybridized carbons (Fsp3) is 0.400. The maximum atomic E-state index is 14.2. The van der Waals surface area contributed by atoms with Crippen LogP contribution in [0.4, 0.5) is 4.39 Å². The summed E-state index contributed by atoms with van der Waals surface area (Å²) in [5.74, 6) is 1.36. The molecule has 0 bridgehead atoms. The highest BCUT2D eigenvalue weighted by molar-refractivity contribution is 6.31. The third kappa shape index (κ3) is 2.84. The highest BCUT2D eigenvalue weighted by Crippen LogP contribution is 2.50. The van der Waals surface area contributed by atoms with E-state index < -0.39 is 0 Å². The fourth-order valence-electron chi connectivity index (χ4n) is 4.16. The van der Waals surface area contributed by atoms with E-state index in [-0.39, 0.29) is 23.8 Å². The average Bonchev–Trinajstić information content (AvgIpc) is 3.03. The van der Waals surface area contributed by atoms with Gasteiger partial charge in [-0.1, -0.05) is 23.7 Å². The molecular weight excluding hydrogens is 357 g/mol. The molecule has 2 atom stereocenters. The first-order chi connectivity index (χ1) is 12.6. The number of methoxy groups -OCH3 is 1. The van der Waals surface area contributed by atoms with Crippen LogP contribution in [0.2, 0.25) is 5.02 Å². The van der Waals surface area contributed by atoms with E-state index in [4.69, 9.17) is 21.1 Å². The molecule has 6 heteroatoms. The minimum absolute atomic E-state index is 0.0185. The highest BCUT2D eigenvalue weighted by Gasteiger charge is 2.51. The molecule has 0 spiro atoms. The third-order valence-corrected chi connectivity index (χ3v) is 5.94. The highest BCUT2D eigenvalue weighted by atomic mass is 35.5. The predicted molar refractivity (Wildman–Crippen MR) is 97.4 cm³/mol. The Morgan fingerprint density at radius 2 is 2.23 bits per heavy atom. The van der Waals surface area contributed by atoms with Gasteiger partial charge < -0.3 is 14.6 Å². The van der Waals surface area contributed by atoms with E-state index in [0.29, 0.717) is 36.8 Å². The van der Waals surface area contributed by atoms with Crippen LogP contribution in [0.3, 0.4) is 0 Å². The molecule has 1 N–H and O–H groups in total. The minimum atomic E-state index is -0.390. The maximum Gasteiger partial charge on any atom is 0.129 e. The third-order valence-electron chi connectivity index (χ3n) is 5.59. The lowest BCUT2D eigenvalue weighted by Crippen LogP contribution is -2.42. The van der Waals surface area contributed by atoms with Gasteiger partial charge in [0.05, 0.1) is 20.3 Å². The van der Waals surface area contributed by atoms with Crippen LogP contribution in [0, 0.1) is 11.2 Å². The van der Waals surface area contributed by atoms with E-state index in [9.17, 15) is 9.50 Å². The van der Waals surface area contributed by atoms with Gasteiger partial charge in [-0.25, -0.2) is 4.39 Å². The predicted octanol–water partition coefficient (Wildman–Crippen LogP) is 3.46. The summed E-state index contributed by atoms with van der Waals surface area (Å²) in [7, 11) is 1.62. The van der Waals surface area contributed by atoms with Gasteiger partial charge in [-0.05, 0) is 23.8 Å². The van der Waals surface area contributed by atoms with E-state index in [0.717, 1.165) is 17.1 Å². The number of hydrogen-bond acceptors (Lipinski definition) is 4. The van der Waals surface area contributed by atoms with Gasteiger partial charge in [-0.2, -0.15) is 0 Å². The Kier molecular flexibility index (Phi) is 4.55. The normalized spacial score (nSPS) is 24.7. The zero-order valence-corrected chi connectivity index (χ0v) is 15.3. The summed E-state index contributed by atoms with van der Waals surface area (Å²) in [6, 6.07) is 10.5. The lowest BCUT2D eigenvalue weighted by atomic mass is 9.74. The second-order valence-corrected chi connectivity index (χ2v) is 7.54. The van der Waals surface area contributed by atoms with Crippen LogP contribution in [-0.2, 0) is 6.54 Å². The summed E-state index contributed by atoms with van der Waals surface area (Å²) in [5.41, 5.74) is 1.17. The zero-order valence-electron chi connectivity index (χ0n) is 14.5. The second-order valence-electron chi connectivity index (χ2n) is 7.14. The monoisotopic (exact) mass is 377 g/mol. The van der Waals surface area contributed by atoms with Crippen molar-refractivity contribution in [1.82, 2.24) is 4.90 Å². The number of aliphatic hydroxyl groups is 1. The van der Waals surface area contributed by atoms with Crippen molar-refractivity contribution >= 4 is 11.6 Å². The molecule has 4 rings (SSSR count). The molecule has 2 aromatic rings. The minimum Gasteiger partial charge on any atom is -0.497 e. The molecule has 0 radical (unpaired) electrons. The van der Waals surface area contributed by atoms with Crippen molar-refractivity contribution in [2.45, 2.75) is 12.5 Å². The number of hydrogen-bond donors (Lipinski definition) is 1. The van der Waals surface area contributed by atoms with Crippen molar-refractivity contribution in [2.24, 2.45) is 5.41 Å². The summed E-state index contributed by atoms with van der Waals surface area (Å²) < 4.78 is 25.4. The van der Waals surface area contributed by atoms with Crippen LogP contribution in [0.1, 0.15) is 17.0 Å². The smallest absolute Gasteiger partial charge is 0.129 e. The van der Waals surface area contributed by atoms with Crippen molar-refractivity contribution in [3.8, 4) is 11.5 Å². The Bertz CT molecular complexity index is 810. The van der Waals surface area contributed by atoms with E-state index in [1.807, 2.05) is 18.2 Å². The first-order valence-corrected chi connectivity index (χ1v) is 9.01. The average molecular weight is 378 g/mol. The van der Waals surface area contributed by atoms with Crippen molar-refractivity contribution < 1.29 is 19.0 Å². The van der Waals surface area contributed by atoms with Gasteiger partial charge >= 0.3 is 0 Å². The van der Waals surface area contributed by atoms with Gasteiger partial charge in [-0.15, -0.1) is 0 Å². The summed E-state index contributed by atoms with van der Waals surface area (Å²) in [4.78, 5) is 2.15. The lowest BCUT2D eigenvalue weighted by molar-refractivity contribution is 0.0455. The maximum absolute atomic E-state index is 14.2. The summed E-state index contributed by atoms with van der Waals surface area (Å²) in [6.07, 6.45) is 0. The van der Waals surface area contributed by atoms with Gasteiger partial charge in [0.2, 0.25) is 0 Å². The Balaban J connectivity index is 1.63. The summed E-state index contributed by atoms with van der Waals surface area (Å²) in [5, 5.41) is 10.6. The van der Waals surface area contributed by atoms with Crippen LogP contribution in [0.25, 0.3) is 0 Å². The van der Waals surface area contributed by atoms with Crippen LogP contribution in [0.5, 0.6) is 11.5 Å². The number of aliphatic hydroxyl groups excluding tert-OH is 1. The molecule has 1 fully saturated rings. The Labute approximate surface area is 157 Å². The van der Waals surface area contributed by atoms with Crippen LogP contribution >= 0.6 is 11.6 Å². The Morgan fingerprint density at radius 1 is 1.38 bits per heavy atom. The van der Waals surface area contributed by atoms with Gasteiger partial charge in [0, 0.05) is 47.6 Å². The van der Waals surface area contributed by atoms with Gasteiger partial charge in [0.1, 0.15) is 17.3 Å². The van der Waals surface area contributed by atoms with Crippen molar-refractivity contribution in [1.29, 1.82) is 0 Å². The van der Waals surface area contributed by atoms with Gasteiger partial charge in [-0.3, -0.25) is 4.90 Å². The van der Waals surface area contributed by atoms with Crippen molar-refractivity contribution in [3.05, 3.63) is 58.4 Å². The van der Waals surface area contributed by atoms with Gasteiger partial charge in [0.25, 0.3) is 0 Å². The molecule has 0 unspecified atom stereocenters. The Hall–Kier alpha value is -1.82. The molecule has 0 saturated carbocycles. The Morgan fingerprint density at radius 3 is 2.96 bits per heavy atom. The molecule has 2 aromatic carbocycles. The first-order valence-electron chi connectivity index (χ1n) is 8.63. The quantitative estimate of drug-likeness (QED) is 0.886. The summed E-state index contributed by atoms with van der Waals surface area (Å²) in [6.45, 7) is 2.20. The van der Waals surface area contributed by atoms with Crippen molar-refractivity contribution in [3.63, 3.8) is 0 Å². The number of fused-ring (bicyclic) bond motifs is 3. The zero-order chi connectivity index (χ0) is 18.3. The van der Waals surface area contributed by atoms with Crippen LogP contribution in [0.15, 0.2) is 36.4 Å². The topological polar surface area (TPSA) is 41.9 Å². The fourth-order valence-corrected chi connectivity index (χ4v) is 4.38. The molecule has 2 aliphatic heterocycles. The number of rotatable bonds is 4. The molecule has 2 aliphatic rings. The van der Waals surface area contributed by atoms with E-state index in [1.54, 1.807) is 19.2 Å². The van der Waals surface area contributed by atoms with Gasteiger partial charge in [0.15, 0.2) is 0 Å². The molecule has 0 aromatic heterocycles. The first kappa shape index (κ1) is 17.6. The molecule has 1 saturated heterocycles. The van der Waals surface area contributed by atoms with Crippen LogP contribution in [-0.4, -0.2) is 43.4 Å². The molecule has 138 valence electrons. The molecule has 0 amide bonds. The van der Waals surface area contributed by atoms with Crippen LogP contribution < -0.4 is 9.47 Å². The summed E-state index contributed by atoms with van der Waals surface area (Å²) >= 11 is 6.19. The van der Waals surface area contributed by atoms with E-state index >= 15 is 0 Å². The molecule has 0 aliphatic carbocycles. The second kappa shape index (κ2) is 6.72. The van der Waals surface area contributed by atoms with E-state index in [2.05, 4.69) is 4.90 Å². The molecular formula is C20H21ClFNO3. The number of ether oxygens (including phenoxy) is 2. The largest absolute Gasteiger partial charge is 0.497 e. The lowest BCUT2D eigenvalue weighted by Gasteiger charge is -2.38. The molecule has 2 heterocycles. The standard InChI is InChI=1S/C20H21ClFNO3/c1-25-13-5-6-14-16-9-23(8-15-17(21)3-2-4-18(15)22)10-20(16,11-24)12-26-19(14)7-13/h2-7,16,24H,8-12H2,1H3/t16-,20-/m1/s1. The number of likely N-dealkylation sites (tertiary alicyclic amines) is 1. The molecule has 26 heavy (non-hydrogen) atoms.